The van der Waals surface area contributed by atoms with Crippen LogP contribution >= 0.6 is 33.2 Å². The maximum absolute atomic E-state index is 5.87. The Morgan fingerprint density at radius 2 is 0.857 bits per heavy atom. The van der Waals surface area contributed by atoms with E-state index in [1.807, 2.05) is 0 Å². The van der Waals surface area contributed by atoms with E-state index < -0.39 is 6.00 Å². The summed E-state index contributed by atoms with van der Waals surface area (Å²) in [5, 5.41) is 0. The van der Waals surface area contributed by atoms with Gasteiger partial charge in [0.05, 0.1) is 0 Å². The summed E-state index contributed by atoms with van der Waals surface area (Å²) in [7, 11) is 0.848. The minimum Gasteiger partial charge on any atom is -0.423 e. The molecule has 0 unspecified atom stereocenters. The van der Waals surface area contributed by atoms with Gasteiger partial charge in [0.1, 0.15) is 10.5 Å². The quantitative estimate of drug-likeness (QED) is 0.112. The molecule has 0 aromatic carbocycles. The van der Waals surface area contributed by atoms with Crippen LogP contribution in [0.4, 0.5) is 0 Å². The molecular formula is C22H49Cl3OSi2. The van der Waals surface area contributed by atoms with Crippen LogP contribution in [-0.2, 0) is 4.43 Å². The van der Waals surface area contributed by atoms with Crippen molar-refractivity contribution in [3.05, 3.63) is 0 Å². The fourth-order valence-electron chi connectivity index (χ4n) is 2.87. The average molecular weight is 492 g/mol. The zero-order valence-electron chi connectivity index (χ0n) is 19.6. The lowest BCUT2D eigenvalue weighted by Gasteiger charge is -2.15. The van der Waals surface area contributed by atoms with Gasteiger partial charge in [-0.25, -0.2) is 0 Å². The lowest BCUT2D eigenvalue weighted by Crippen LogP contribution is -2.16. The molecule has 28 heavy (non-hydrogen) atoms. The monoisotopic (exact) mass is 490 g/mol. The Hall–Kier alpha value is 1.26. The third-order valence-corrected chi connectivity index (χ3v) is 8.77. The molecule has 0 aliphatic carbocycles. The smallest absolute Gasteiger partial charge is 0.341 e. The topological polar surface area (TPSA) is 9.23 Å². The summed E-state index contributed by atoms with van der Waals surface area (Å²) >= 11 is 17.6. The minimum absolute atomic E-state index is 0.103. The fraction of sp³-hybridized carbons (Fsp3) is 1.00. The highest BCUT2D eigenvalue weighted by Crippen LogP contribution is 2.27. The van der Waals surface area contributed by atoms with Gasteiger partial charge in [0.25, 0.3) is 0 Å². The Morgan fingerprint density at radius 1 is 0.607 bits per heavy atom. The zero-order chi connectivity index (χ0) is 21.7. The third-order valence-electron chi connectivity index (χ3n) is 4.93. The summed E-state index contributed by atoms with van der Waals surface area (Å²) < 4.78 is 5.08. The molecule has 1 nitrogen and oxygen atoms in total. The molecule has 172 valence electrons. The minimum atomic E-state index is -2.35. The molecule has 6 heteroatoms. The second-order valence-electron chi connectivity index (χ2n) is 8.98. The Morgan fingerprint density at radius 3 is 1.07 bits per heavy atom. The molecule has 0 aromatic heterocycles. The van der Waals surface area contributed by atoms with Crippen molar-refractivity contribution in [1.29, 1.82) is 0 Å². The van der Waals surface area contributed by atoms with Crippen LogP contribution < -0.4 is 0 Å². The van der Waals surface area contributed by atoms with E-state index >= 15 is 0 Å². The molecule has 0 atom stereocenters. The van der Waals surface area contributed by atoms with Gasteiger partial charge < -0.3 is 4.43 Å². The molecule has 0 N–H and O–H groups in total. The normalized spacial score (nSPS) is 12.1. The van der Waals surface area contributed by atoms with Gasteiger partial charge in [-0.15, -0.1) is 33.2 Å². The number of hydrogen-bond donors (Lipinski definition) is 0. The average Bonchev–Trinajstić information content (AvgIpc) is 2.60. The third kappa shape index (κ3) is 34.7. The molecule has 0 heterocycles. The van der Waals surface area contributed by atoms with E-state index in [9.17, 15) is 0 Å². The SMILES string of the molecule is CC(C)(C)O[SiH3].CCCCCCCCCCCCCCCCCC[Si](Cl)(Cl)Cl. The van der Waals surface area contributed by atoms with Crippen molar-refractivity contribution in [2.75, 3.05) is 0 Å². The van der Waals surface area contributed by atoms with Gasteiger partial charge in [-0.3, -0.25) is 0 Å². The maximum Gasteiger partial charge on any atom is 0.341 e. The van der Waals surface area contributed by atoms with Crippen LogP contribution in [-0.4, -0.2) is 22.1 Å². The summed E-state index contributed by atoms with van der Waals surface area (Å²) in [5.41, 5.74) is 0.103. The largest absolute Gasteiger partial charge is 0.423 e. The zero-order valence-corrected chi connectivity index (χ0v) is 24.8. The van der Waals surface area contributed by atoms with Crippen LogP contribution in [0.3, 0.4) is 0 Å². The molecule has 0 rings (SSSR count). The lowest BCUT2D eigenvalue weighted by atomic mass is 10.0. The molecule has 0 fully saturated rings. The molecule has 0 spiro atoms. The van der Waals surface area contributed by atoms with Crippen LogP contribution in [0.15, 0.2) is 0 Å². The van der Waals surface area contributed by atoms with Crippen molar-refractivity contribution in [3.8, 4) is 0 Å². The summed E-state index contributed by atoms with van der Waals surface area (Å²) in [4.78, 5) is 0. The molecule has 0 aromatic rings. The van der Waals surface area contributed by atoms with Crippen molar-refractivity contribution in [3.63, 3.8) is 0 Å². The molecule has 0 bridgehead atoms. The Balaban J connectivity index is 0. The molecule has 0 saturated carbocycles. The Bertz CT molecular complexity index is 305. The molecule has 0 radical (unpaired) electrons. The van der Waals surface area contributed by atoms with Crippen molar-refractivity contribution >= 4 is 49.7 Å². The fourth-order valence-corrected chi connectivity index (χ4v) is 4.73. The van der Waals surface area contributed by atoms with E-state index in [1.165, 1.54) is 96.3 Å². The van der Waals surface area contributed by atoms with E-state index in [0.29, 0.717) is 0 Å². The maximum atomic E-state index is 5.87. The summed E-state index contributed by atoms with van der Waals surface area (Å²) in [5.74, 6) is 0. The van der Waals surface area contributed by atoms with Gasteiger partial charge in [-0.2, -0.15) is 0 Å². The first-order valence-corrected chi connectivity index (χ1v) is 17.8. The van der Waals surface area contributed by atoms with Crippen molar-refractivity contribution in [2.24, 2.45) is 0 Å². The van der Waals surface area contributed by atoms with E-state index in [4.69, 9.17) is 37.7 Å². The van der Waals surface area contributed by atoms with Crippen LogP contribution in [0.25, 0.3) is 0 Å². The van der Waals surface area contributed by atoms with Crippen LogP contribution in [0.5, 0.6) is 0 Å². The molecule has 0 aliphatic heterocycles. The summed E-state index contributed by atoms with van der Waals surface area (Å²) in [6.07, 6.45) is 22.2. The number of rotatable bonds is 17. The van der Waals surface area contributed by atoms with Crippen molar-refractivity contribution in [1.82, 2.24) is 0 Å². The van der Waals surface area contributed by atoms with Crippen LogP contribution in [0.1, 0.15) is 130 Å². The van der Waals surface area contributed by atoms with Gasteiger partial charge in [0.2, 0.25) is 0 Å². The number of unbranched alkanes of at least 4 members (excludes halogenated alkanes) is 15. The summed E-state index contributed by atoms with van der Waals surface area (Å²) in [6.45, 7) is 8.45. The van der Waals surface area contributed by atoms with Gasteiger partial charge >= 0.3 is 6.00 Å². The lowest BCUT2D eigenvalue weighted by molar-refractivity contribution is 0.147. The highest BCUT2D eigenvalue weighted by molar-refractivity contribution is 7.64. The van der Waals surface area contributed by atoms with Gasteiger partial charge in [0.15, 0.2) is 0 Å². The highest BCUT2D eigenvalue weighted by atomic mass is 35.8. The first kappa shape index (κ1) is 31.4. The molecule has 0 saturated heterocycles. The highest BCUT2D eigenvalue weighted by Gasteiger charge is 2.23. The predicted molar refractivity (Wildman–Crippen MR) is 138 cm³/mol. The second kappa shape index (κ2) is 21.5. The van der Waals surface area contributed by atoms with E-state index in [-0.39, 0.29) is 5.60 Å². The predicted octanol–water partition coefficient (Wildman–Crippen LogP) is 8.99. The molecule has 0 amide bonds. The van der Waals surface area contributed by atoms with E-state index in [2.05, 4.69) is 27.7 Å². The van der Waals surface area contributed by atoms with Crippen molar-refractivity contribution < 1.29 is 4.43 Å². The van der Waals surface area contributed by atoms with Gasteiger partial charge in [-0.1, -0.05) is 110 Å². The first-order chi connectivity index (χ1) is 13.1. The van der Waals surface area contributed by atoms with E-state index in [1.54, 1.807) is 0 Å². The number of halogens is 3. The molecular weight excluding hydrogens is 443 g/mol. The Kier molecular flexibility index (Phi) is 24.1. The first-order valence-electron chi connectivity index (χ1n) is 11.7. The van der Waals surface area contributed by atoms with Gasteiger partial charge in [0, 0.05) is 5.60 Å². The number of hydrogen-bond acceptors (Lipinski definition) is 1. The second-order valence-corrected chi connectivity index (χ2v) is 18.7. The summed E-state index contributed by atoms with van der Waals surface area (Å²) in [6, 6.07) is -1.52. The van der Waals surface area contributed by atoms with Crippen LogP contribution in [0, 0.1) is 0 Å². The van der Waals surface area contributed by atoms with Crippen molar-refractivity contribution in [2.45, 2.75) is 142 Å². The molecule has 0 aliphatic rings. The van der Waals surface area contributed by atoms with Gasteiger partial charge in [-0.05, 0) is 26.8 Å². The van der Waals surface area contributed by atoms with Crippen LogP contribution in [0.2, 0.25) is 6.04 Å². The Labute approximate surface area is 195 Å². The van der Waals surface area contributed by atoms with E-state index in [0.717, 1.165) is 23.0 Å². The standard InChI is InChI=1S/C18H37Cl3Si.C4H12OSi/c1-2-3-4-5-6-7-8-9-10-11-12-13-14-15-16-17-18-22(19,20)21;1-4(2,3)5-6/h2-18H2,1H3;1-3,6H3.